The first kappa shape index (κ1) is 17.1. The second-order valence-electron chi connectivity index (χ2n) is 8.89. The van der Waals surface area contributed by atoms with E-state index in [1.807, 2.05) is 19.3 Å². The summed E-state index contributed by atoms with van der Waals surface area (Å²) >= 11 is 0. The molecule has 0 fully saturated rings. The number of nitrogens with zero attached hydrogens (tertiary/aromatic N) is 3. The van der Waals surface area contributed by atoms with Gasteiger partial charge in [0, 0.05) is 39.7 Å². The summed E-state index contributed by atoms with van der Waals surface area (Å²) in [6.45, 7) is 1.89. The van der Waals surface area contributed by atoms with Crippen LogP contribution in [0.15, 0.2) is 85.2 Å². The van der Waals surface area contributed by atoms with Gasteiger partial charge in [-0.25, -0.2) is 0 Å². The SMILES string of the molecule is Cc1cn2c(c[n+]1=O)C1c3ccccc3C2CC1n1c2ccccc2c2ccccc21. The number of fused-ring (bicyclic) bond motifs is 4. The monoisotopic (exact) mass is 404 g/mol. The molecule has 3 aliphatic rings. The Balaban J connectivity index is 1.57. The highest BCUT2D eigenvalue weighted by atomic mass is 16.3. The Morgan fingerprint density at radius 1 is 0.839 bits per heavy atom. The lowest BCUT2D eigenvalue weighted by Gasteiger charge is -2.46. The van der Waals surface area contributed by atoms with Crippen LogP contribution in [0.5, 0.6) is 0 Å². The normalized spacial score (nSPS) is 21.4. The summed E-state index contributed by atoms with van der Waals surface area (Å²) in [5, 5.41) is 2.59. The number of rotatable bonds is 1. The van der Waals surface area contributed by atoms with E-state index < -0.39 is 0 Å². The Kier molecular flexibility index (Phi) is 3.27. The molecule has 3 atom stereocenters. The van der Waals surface area contributed by atoms with Gasteiger partial charge < -0.3 is 9.13 Å². The molecule has 3 unspecified atom stereocenters. The van der Waals surface area contributed by atoms with E-state index in [2.05, 4.69) is 81.9 Å². The van der Waals surface area contributed by atoms with Gasteiger partial charge in [-0.2, -0.15) is 0 Å². The molecule has 2 aliphatic heterocycles. The van der Waals surface area contributed by atoms with Crippen LogP contribution < -0.4 is 4.43 Å². The van der Waals surface area contributed by atoms with Crippen molar-refractivity contribution in [3.05, 3.63) is 113 Å². The van der Waals surface area contributed by atoms with Gasteiger partial charge in [0.2, 0.25) is 6.20 Å². The third kappa shape index (κ3) is 2.14. The lowest BCUT2D eigenvalue weighted by Crippen LogP contribution is -2.40. The van der Waals surface area contributed by atoms with Crippen molar-refractivity contribution in [2.45, 2.75) is 31.3 Å². The van der Waals surface area contributed by atoms with E-state index in [9.17, 15) is 4.91 Å². The average molecular weight is 404 g/mol. The Morgan fingerprint density at radius 3 is 2.16 bits per heavy atom. The van der Waals surface area contributed by atoms with Crippen molar-refractivity contribution in [1.29, 1.82) is 0 Å². The van der Waals surface area contributed by atoms with Crippen LogP contribution in [-0.2, 0) is 0 Å². The Morgan fingerprint density at radius 2 is 1.45 bits per heavy atom. The predicted molar refractivity (Wildman–Crippen MR) is 122 cm³/mol. The van der Waals surface area contributed by atoms with Crippen LogP contribution in [0.4, 0.5) is 0 Å². The van der Waals surface area contributed by atoms with Crippen LogP contribution in [0.2, 0.25) is 0 Å². The minimum Gasteiger partial charge on any atom is -0.336 e. The predicted octanol–water partition coefficient (Wildman–Crippen LogP) is 5.50. The van der Waals surface area contributed by atoms with Gasteiger partial charge in [0.1, 0.15) is 0 Å². The molecule has 0 radical (unpaired) electrons. The molecule has 0 amide bonds. The number of hydrogen-bond acceptors (Lipinski definition) is 1. The molecule has 0 saturated carbocycles. The molecule has 0 spiro atoms. The summed E-state index contributed by atoms with van der Waals surface area (Å²) in [6, 6.07) is 26.7. The highest BCUT2D eigenvalue weighted by Crippen LogP contribution is 2.55. The molecule has 4 heterocycles. The molecule has 2 bridgehead atoms. The first-order valence-corrected chi connectivity index (χ1v) is 10.9. The van der Waals surface area contributed by atoms with E-state index >= 15 is 0 Å². The molecule has 4 heteroatoms. The largest absolute Gasteiger partial charge is 0.336 e. The van der Waals surface area contributed by atoms with Crippen molar-refractivity contribution in [3.8, 4) is 0 Å². The molecule has 0 saturated heterocycles. The Hall–Kier alpha value is -3.66. The Bertz CT molecular complexity index is 1520. The van der Waals surface area contributed by atoms with Crippen molar-refractivity contribution < 1.29 is 4.43 Å². The fourth-order valence-corrected chi connectivity index (χ4v) is 6.11. The lowest BCUT2D eigenvalue weighted by atomic mass is 9.71. The van der Waals surface area contributed by atoms with E-state index in [0.717, 1.165) is 22.2 Å². The summed E-state index contributed by atoms with van der Waals surface area (Å²) < 4.78 is 5.91. The van der Waals surface area contributed by atoms with E-state index in [1.54, 1.807) is 0 Å². The molecule has 5 aromatic rings. The van der Waals surface area contributed by atoms with Gasteiger partial charge in [-0.05, 0) is 29.7 Å². The van der Waals surface area contributed by atoms with Crippen LogP contribution in [0.25, 0.3) is 21.8 Å². The fraction of sp³-hybridized carbons (Fsp3) is 0.185. The number of hydrogen-bond donors (Lipinski definition) is 0. The van der Waals surface area contributed by atoms with E-state index in [1.165, 1.54) is 32.9 Å². The molecule has 2 aromatic heterocycles. The molecule has 150 valence electrons. The van der Waals surface area contributed by atoms with Crippen LogP contribution >= 0.6 is 0 Å². The molecule has 1 aliphatic carbocycles. The number of aromatic nitrogens is 3. The Labute approximate surface area is 179 Å². The summed E-state index contributed by atoms with van der Waals surface area (Å²) in [4.78, 5) is 12.6. The van der Waals surface area contributed by atoms with Crippen LogP contribution in [0.3, 0.4) is 0 Å². The van der Waals surface area contributed by atoms with Crippen LogP contribution in [0, 0.1) is 11.8 Å². The van der Waals surface area contributed by atoms with Gasteiger partial charge in [0.15, 0.2) is 0 Å². The quantitative estimate of drug-likeness (QED) is 0.340. The molecule has 3 aromatic carbocycles. The van der Waals surface area contributed by atoms with Crippen LogP contribution in [0.1, 0.15) is 46.9 Å². The molecule has 4 nitrogen and oxygen atoms in total. The summed E-state index contributed by atoms with van der Waals surface area (Å²) in [5.41, 5.74) is 7.14. The van der Waals surface area contributed by atoms with Gasteiger partial charge in [-0.3, -0.25) is 0 Å². The molecule has 31 heavy (non-hydrogen) atoms. The third-order valence-corrected chi connectivity index (χ3v) is 7.36. The van der Waals surface area contributed by atoms with Crippen molar-refractivity contribution in [1.82, 2.24) is 9.13 Å². The third-order valence-electron chi connectivity index (χ3n) is 7.36. The minimum atomic E-state index is 0.140. The van der Waals surface area contributed by atoms with Crippen molar-refractivity contribution in [2.24, 2.45) is 0 Å². The van der Waals surface area contributed by atoms with Gasteiger partial charge >= 0.3 is 0 Å². The zero-order valence-corrected chi connectivity index (χ0v) is 17.3. The summed E-state index contributed by atoms with van der Waals surface area (Å²) in [6.07, 6.45) is 4.87. The van der Waals surface area contributed by atoms with Crippen LogP contribution in [-0.4, -0.2) is 9.13 Å². The van der Waals surface area contributed by atoms with Gasteiger partial charge in [0.05, 0.1) is 28.3 Å². The molecular formula is C27H22N3O+. The van der Waals surface area contributed by atoms with E-state index in [-0.39, 0.29) is 18.0 Å². The number of aryl methyl sites for hydroxylation is 1. The van der Waals surface area contributed by atoms with E-state index in [4.69, 9.17) is 0 Å². The first-order valence-electron chi connectivity index (χ1n) is 10.9. The summed E-state index contributed by atoms with van der Waals surface area (Å²) in [5.74, 6) is 0.140. The van der Waals surface area contributed by atoms with Crippen molar-refractivity contribution >= 4 is 21.8 Å². The molecule has 0 N–H and O–H groups in total. The van der Waals surface area contributed by atoms with Gasteiger partial charge in [-0.1, -0.05) is 60.7 Å². The number of para-hydroxylation sites is 2. The summed E-state index contributed by atoms with van der Waals surface area (Å²) in [7, 11) is 0. The lowest BCUT2D eigenvalue weighted by molar-refractivity contribution is -0.504. The molecular weight excluding hydrogens is 382 g/mol. The maximum absolute atomic E-state index is 12.6. The second-order valence-corrected chi connectivity index (χ2v) is 8.89. The average Bonchev–Trinajstić information content (AvgIpc) is 3.14. The van der Waals surface area contributed by atoms with Crippen molar-refractivity contribution in [3.63, 3.8) is 0 Å². The number of benzene rings is 3. The maximum Gasteiger partial charge on any atom is 0.252 e. The fourth-order valence-electron chi connectivity index (χ4n) is 6.11. The smallest absolute Gasteiger partial charge is 0.252 e. The standard InChI is InChI=1S/C27H22N3O/c1-17-15-28-24-14-25(27(26(28)16-29(17)31)21-11-3-2-10-20(21)24)30-22-12-6-4-8-18(22)19-9-5-7-13-23(19)30/h2-13,15-16,24-25,27H,14H2,1H3/q+1. The highest BCUT2D eigenvalue weighted by Gasteiger charge is 2.46. The maximum atomic E-state index is 12.6. The van der Waals surface area contributed by atoms with Gasteiger partial charge in [-0.15, -0.1) is 0 Å². The minimum absolute atomic E-state index is 0.140. The zero-order chi connectivity index (χ0) is 20.7. The highest BCUT2D eigenvalue weighted by molar-refractivity contribution is 6.08. The zero-order valence-electron chi connectivity index (χ0n) is 17.3. The first-order chi connectivity index (χ1) is 15.2. The van der Waals surface area contributed by atoms with E-state index in [0.29, 0.717) is 0 Å². The van der Waals surface area contributed by atoms with Crippen molar-refractivity contribution in [2.75, 3.05) is 0 Å². The topological polar surface area (TPSA) is 32.8 Å². The second kappa shape index (κ2) is 5.94. The van der Waals surface area contributed by atoms with Gasteiger partial charge in [0.25, 0.3) is 5.69 Å². The molecule has 8 rings (SSSR count).